The number of rotatable bonds is 5. The van der Waals surface area contributed by atoms with Crippen LogP contribution in [0.25, 0.3) is 0 Å². The summed E-state index contributed by atoms with van der Waals surface area (Å²) in [6.07, 6.45) is 8.94. The van der Waals surface area contributed by atoms with E-state index in [1.165, 1.54) is 32.1 Å². The second-order valence-electron chi connectivity index (χ2n) is 6.38. The van der Waals surface area contributed by atoms with Crippen LogP contribution in [0.15, 0.2) is 0 Å². The standard InChI is InChI=1S/C15H29NO3/c1-2-14(11-17,12-18)16-13-6-9-19-15(10-13)7-4-3-5-8-15/h13,16-18H,2-12H2,1H3. The Morgan fingerprint density at radius 2 is 1.89 bits per heavy atom. The van der Waals surface area contributed by atoms with Crippen molar-refractivity contribution >= 4 is 0 Å². The van der Waals surface area contributed by atoms with Gasteiger partial charge in [0.25, 0.3) is 0 Å². The second kappa shape index (κ2) is 6.53. The van der Waals surface area contributed by atoms with E-state index >= 15 is 0 Å². The van der Waals surface area contributed by atoms with Crippen LogP contribution in [0.5, 0.6) is 0 Å². The van der Waals surface area contributed by atoms with Gasteiger partial charge in [0.15, 0.2) is 0 Å². The lowest BCUT2D eigenvalue weighted by molar-refractivity contribution is -0.114. The van der Waals surface area contributed by atoms with Gasteiger partial charge in [0.05, 0.1) is 24.4 Å². The molecule has 0 radical (unpaired) electrons. The van der Waals surface area contributed by atoms with Crippen molar-refractivity contribution in [3.8, 4) is 0 Å². The summed E-state index contributed by atoms with van der Waals surface area (Å²) < 4.78 is 6.09. The molecule has 0 bridgehead atoms. The number of nitrogens with one attached hydrogen (secondary N) is 1. The summed E-state index contributed by atoms with van der Waals surface area (Å²) in [6.45, 7) is 2.79. The van der Waals surface area contributed by atoms with Gasteiger partial charge >= 0.3 is 0 Å². The first-order valence-corrected chi connectivity index (χ1v) is 7.81. The molecule has 112 valence electrons. The predicted octanol–water partition coefficient (Wildman–Crippen LogP) is 1.59. The van der Waals surface area contributed by atoms with Crippen molar-refractivity contribution in [3.63, 3.8) is 0 Å². The van der Waals surface area contributed by atoms with Gasteiger partial charge in [0.2, 0.25) is 0 Å². The van der Waals surface area contributed by atoms with E-state index in [4.69, 9.17) is 4.74 Å². The maximum absolute atomic E-state index is 9.56. The Hall–Kier alpha value is -0.160. The van der Waals surface area contributed by atoms with E-state index in [-0.39, 0.29) is 18.8 Å². The van der Waals surface area contributed by atoms with Crippen LogP contribution in [0.2, 0.25) is 0 Å². The third-order valence-electron chi connectivity index (χ3n) is 5.05. The molecule has 0 aromatic rings. The molecular weight excluding hydrogens is 242 g/mol. The molecule has 1 heterocycles. The molecular formula is C15H29NO3. The molecule has 1 unspecified atom stereocenters. The number of hydrogen-bond acceptors (Lipinski definition) is 4. The molecule has 1 aliphatic heterocycles. The fourth-order valence-corrected chi connectivity index (χ4v) is 3.60. The molecule has 0 aromatic carbocycles. The normalized spacial score (nSPS) is 27.6. The van der Waals surface area contributed by atoms with Crippen molar-refractivity contribution in [2.45, 2.75) is 75.5 Å². The lowest BCUT2D eigenvalue weighted by Crippen LogP contribution is -2.59. The zero-order valence-corrected chi connectivity index (χ0v) is 12.2. The van der Waals surface area contributed by atoms with Gasteiger partial charge in [-0.3, -0.25) is 0 Å². The summed E-state index contributed by atoms with van der Waals surface area (Å²) in [4.78, 5) is 0. The summed E-state index contributed by atoms with van der Waals surface area (Å²) in [6, 6.07) is 0.353. The largest absolute Gasteiger partial charge is 0.394 e. The van der Waals surface area contributed by atoms with Crippen molar-refractivity contribution in [2.75, 3.05) is 19.8 Å². The summed E-state index contributed by atoms with van der Waals surface area (Å²) in [5.41, 5.74) is -0.462. The molecule has 1 spiro atoms. The highest BCUT2D eigenvalue weighted by Gasteiger charge is 2.40. The highest BCUT2D eigenvalue weighted by atomic mass is 16.5. The minimum absolute atomic E-state index is 0.00957. The third kappa shape index (κ3) is 3.48. The fraction of sp³-hybridized carbons (Fsp3) is 1.00. The molecule has 3 N–H and O–H groups in total. The van der Waals surface area contributed by atoms with Crippen LogP contribution in [0.4, 0.5) is 0 Å². The number of aliphatic hydroxyl groups excluding tert-OH is 2. The molecule has 2 fully saturated rings. The Bertz CT molecular complexity index is 259. The van der Waals surface area contributed by atoms with E-state index in [0.29, 0.717) is 6.04 Å². The molecule has 2 rings (SSSR count). The number of aliphatic hydroxyl groups is 2. The average Bonchev–Trinajstić information content (AvgIpc) is 2.46. The smallest absolute Gasteiger partial charge is 0.0697 e. The topological polar surface area (TPSA) is 61.7 Å². The highest BCUT2D eigenvalue weighted by Crippen LogP contribution is 2.38. The Kier molecular flexibility index (Phi) is 5.23. The van der Waals surface area contributed by atoms with Gasteiger partial charge in [-0.15, -0.1) is 0 Å². The Labute approximate surface area is 116 Å². The van der Waals surface area contributed by atoms with Gasteiger partial charge in [-0.05, 0) is 32.1 Å². The van der Waals surface area contributed by atoms with E-state index in [1.807, 2.05) is 6.92 Å². The lowest BCUT2D eigenvalue weighted by atomic mass is 9.77. The summed E-state index contributed by atoms with van der Waals surface area (Å²) >= 11 is 0. The summed E-state index contributed by atoms with van der Waals surface area (Å²) in [5.74, 6) is 0. The predicted molar refractivity (Wildman–Crippen MR) is 75.1 cm³/mol. The van der Waals surface area contributed by atoms with Crippen LogP contribution in [-0.2, 0) is 4.74 Å². The van der Waals surface area contributed by atoms with Crippen molar-refractivity contribution < 1.29 is 14.9 Å². The molecule has 4 heteroatoms. The van der Waals surface area contributed by atoms with Crippen LogP contribution in [-0.4, -0.2) is 47.2 Å². The Balaban J connectivity index is 1.97. The molecule has 2 aliphatic rings. The fourth-order valence-electron chi connectivity index (χ4n) is 3.60. The molecule has 1 saturated heterocycles. The van der Waals surface area contributed by atoms with Crippen LogP contribution < -0.4 is 5.32 Å². The molecule has 4 nitrogen and oxygen atoms in total. The monoisotopic (exact) mass is 271 g/mol. The van der Waals surface area contributed by atoms with Gasteiger partial charge < -0.3 is 20.3 Å². The first-order chi connectivity index (χ1) is 9.17. The summed E-state index contributed by atoms with van der Waals surface area (Å²) in [7, 11) is 0. The molecule has 1 atom stereocenters. The molecule has 1 saturated carbocycles. The Morgan fingerprint density at radius 1 is 1.21 bits per heavy atom. The van der Waals surface area contributed by atoms with Gasteiger partial charge in [-0.1, -0.05) is 26.2 Å². The SMILES string of the molecule is CCC(CO)(CO)NC1CCOC2(CCCCC2)C1. The van der Waals surface area contributed by atoms with Gasteiger partial charge in [0, 0.05) is 12.6 Å². The van der Waals surface area contributed by atoms with E-state index < -0.39 is 5.54 Å². The quantitative estimate of drug-likeness (QED) is 0.710. The lowest BCUT2D eigenvalue weighted by Gasteiger charge is -2.46. The second-order valence-corrected chi connectivity index (χ2v) is 6.38. The minimum Gasteiger partial charge on any atom is -0.394 e. The van der Waals surface area contributed by atoms with Gasteiger partial charge in [-0.25, -0.2) is 0 Å². The molecule has 0 aromatic heterocycles. The van der Waals surface area contributed by atoms with Crippen molar-refractivity contribution in [2.24, 2.45) is 0 Å². The zero-order valence-electron chi connectivity index (χ0n) is 12.2. The van der Waals surface area contributed by atoms with Crippen molar-refractivity contribution in [3.05, 3.63) is 0 Å². The number of hydrogen-bond donors (Lipinski definition) is 3. The average molecular weight is 271 g/mol. The van der Waals surface area contributed by atoms with Gasteiger partial charge in [0.1, 0.15) is 0 Å². The highest BCUT2D eigenvalue weighted by molar-refractivity contribution is 4.96. The first kappa shape index (κ1) is 15.2. The molecule has 1 aliphatic carbocycles. The van der Waals surface area contributed by atoms with Crippen molar-refractivity contribution in [1.82, 2.24) is 5.32 Å². The van der Waals surface area contributed by atoms with E-state index in [2.05, 4.69) is 5.32 Å². The van der Waals surface area contributed by atoms with Gasteiger partial charge in [-0.2, -0.15) is 0 Å². The van der Waals surface area contributed by atoms with Crippen LogP contribution in [0.1, 0.15) is 58.3 Å². The van der Waals surface area contributed by atoms with E-state index in [0.717, 1.165) is 25.9 Å². The minimum atomic E-state index is -0.530. The maximum atomic E-state index is 9.56. The van der Waals surface area contributed by atoms with E-state index in [1.54, 1.807) is 0 Å². The Morgan fingerprint density at radius 3 is 2.47 bits per heavy atom. The summed E-state index contributed by atoms with van der Waals surface area (Å²) in [5, 5.41) is 22.6. The third-order valence-corrected chi connectivity index (χ3v) is 5.05. The van der Waals surface area contributed by atoms with Crippen LogP contribution >= 0.6 is 0 Å². The number of ether oxygens (including phenoxy) is 1. The molecule has 0 amide bonds. The maximum Gasteiger partial charge on any atom is 0.0697 e. The van der Waals surface area contributed by atoms with Crippen LogP contribution in [0.3, 0.4) is 0 Å². The molecule has 19 heavy (non-hydrogen) atoms. The zero-order chi connectivity index (χ0) is 13.8. The van der Waals surface area contributed by atoms with Crippen LogP contribution in [0, 0.1) is 0 Å². The first-order valence-electron chi connectivity index (χ1n) is 7.81. The van der Waals surface area contributed by atoms with Crippen molar-refractivity contribution in [1.29, 1.82) is 0 Å². The van der Waals surface area contributed by atoms with E-state index in [9.17, 15) is 10.2 Å².